The summed E-state index contributed by atoms with van der Waals surface area (Å²) in [6, 6.07) is 14.2. The van der Waals surface area contributed by atoms with Crippen LogP contribution < -0.4 is 5.32 Å². The molecule has 0 fully saturated rings. The van der Waals surface area contributed by atoms with Gasteiger partial charge in [0.2, 0.25) is 0 Å². The van der Waals surface area contributed by atoms with Crippen LogP contribution in [0, 0.1) is 20.2 Å². The Bertz CT molecular complexity index is 810. The van der Waals surface area contributed by atoms with Crippen molar-refractivity contribution in [2.45, 2.75) is 5.66 Å². The molecule has 2 aromatic rings. The van der Waals surface area contributed by atoms with Crippen molar-refractivity contribution in [2.24, 2.45) is 0 Å². The normalized spacial score (nSPS) is 12.5. The van der Waals surface area contributed by atoms with Gasteiger partial charge in [-0.1, -0.05) is 48.5 Å². The number of Topliss-reactive ketones (excluding diaryl/α,β-unsaturated/α-hetero) is 1. The van der Waals surface area contributed by atoms with E-state index in [1.54, 1.807) is 12.1 Å². The highest BCUT2D eigenvalue weighted by Gasteiger charge is 2.61. The lowest BCUT2D eigenvalue weighted by atomic mass is 9.97. The molecule has 1 atom stereocenters. The molecule has 2 aromatic carbocycles. The highest BCUT2D eigenvalue weighted by atomic mass is 17.0. The number of anilines is 1. The van der Waals surface area contributed by atoms with E-state index in [0.717, 1.165) is 0 Å². The Morgan fingerprint density at radius 2 is 1.44 bits per heavy atom. The van der Waals surface area contributed by atoms with Crippen molar-refractivity contribution >= 4 is 17.4 Å². The quantitative estimate of drug-likeness (QED) is 0.263. The highest BCUT2D eigenvalue weighted by molar-refractivity contribution is 6.16. The maximum Gasteiger partial charge on any atom is 0.441 e. The van der Waals surface area contributed by atoms with Gasteiger partial charge < -0.3 is 5.32 Å². The van der Waals surface area contributed by atoms with E-state index < -0.39 is 27.4 Å². The summed E-state index contributed by atoms with van der Waals surface area (Å²) in [7, 11) is 0. The van der Waals surface area contributed by atoms with E-state index in [1.165, 1.54) is 48.5 Å². The molecule has 0 radical (unpaired) electrons. The van der Waals surface area contributed by atoms with E-state index in [2.05, 4.69) is 10.2 Å². The Morgan fingerprint density at radius 3 is 1.92 bits per heavy atom. The van der Waals surface area contributed by atoms with Crippen LogP contribution >= 0.6 is 0 Å². The van der Waals surface area contributed by atoms with Crippen molar-refractivity contribution in [3.8, 4) is 0 Å². The standard InChI is InChI=1S/C15H11N3O7/c19-13(11-7-3-1-4-8-11)15(17(21)22,14(20)25-18(23)24)16-12-9-5-2-6-10-12/h1-10,16H. The molecule has 1 unspecified atom stereocenters. The van der Waals surface area contributed by atoms with Crippen LogP contribution in [0.4, 0.5) is 5.69 Å². The molecule has 2 rings (SSSR count). The number of carbonyl (C=O) groups excluding carboxylic acids is 2. The monoisotopic (exact) mass is 345 g/mol. The Balaban J connectivity index is 2.58. The van der Waals surface area contributed by atoms with Gasteiger partial charge in [0.1, 0.15) is 0 Å². The van der Waals surface area contributed by atoms with Gasteiger partial charge in [-0.3, -0.25) is 19.7 Å². The molecule has 0 aliphatic rings. The summed E-state index contributed by atoms with van der Waals surface area (Å²) >= 11 is 0. The predicted octanol–water partition coefficient (Wildman–Crippen LogP) is 1.69. The van der Waals surface area contributed by atoms with Gasteiger partial charge >= 0.3 is 16.7 Å². The summed E-state index contributed by atoms with van der Waals surface area (Å²) in [6.45, 7) is 0. The zero-order valence-corrected chi connectivity index (χ0v) is 12.5. The van der Waals surface area contributed by atoms with Crippen molar-refractivity contribution in [1.29, 1.82) is 0 Å². The van der Waals surface area contributed by atoms with Crippen molar-refractivity contribution in [1.82, 2.24) is 0 Å². The summed E-state index contributed by atoms with van der Waals surface area (Å²) in [5.74, 6) is -3.26. The number of rotatable bonds is 7. The number of nitro groups is 1. The fourth-order valence-corrected chi connectivity index (χ4v) is 2.07. The van der Waals surface area contributed by atoms with Gasteiger partial charge in [-0.15, -0.1) is 10.1 Å². The number of hydrogen-bond acceptors (Lipinski definition) is 8. The van der Waals surface area contributed by atoms with E-state index >= 15 is 0 Å². The average Bonchev–Trinajstić information content (AvgIpc) is 2.59. The second-order valence-electron chi connectivity index (χ2n) is 4.76. The lowest BCUT2D eigenvalue weighted by molar-refractivity contribution is -0.734. The first-order valence-corrected chi connectivity index (χ1v) is 6.82. The van der Waals surface area contributed by atoms with Crippen LogP contribution in [0.25, 0.3) is 0 Å². The van der Waals surface area contributed by atoms with Crippen molar-refractivity contribution in [3.63, 3.8) is 0 Å². The molecule has 0 amide bonds. The average molecular weight is 345 g/mol. The molecule has 0 heterocycles. The van der Waals surface area contributed by atoms with Crippen LogP contribution in [0.1, 0.15) is 10.4 Å². The van der Waals surface area contributed by atoms with Gasteiger partial charge in [-0.25, -0.2) is 4.84 Å². The molecule has 0 saturated heterocycles. The third kappa shape index (κ3) is 3.58. The number of carbonyl (C=O) groups is 2. The Kier molecular flexibility index (Phi) is 5.03. The first kappa shape index (κ1) is 17.5. The van der Waals surface area contributed by atoms with E-state index in [1.807, 2.05) is 0 Å². The SMILES string of the molecule is O=C(O[N+](=O)[O-])C(Nc1ccccc1)(C(=O)c1ccccc1)[N+](=O)[O-]. The van der Waals surface area contributed by atoms with Gasteiger partial charge in [-0.2, -0.15) is 0 Å². The Hall–Kier alpha value is -3.82. The molecule has 0 spiro atoms. The molecule has 0 bridgehead atoms. The molecular formula is C15H11N3O7. The number of para-hydroxylation sites is 1. The van der Waals surface area contributed by atoms with Crippen LogP contribution in [0.15, 0.2) is 60.7 Å². The zero-order chi connectivity index (χ0) is 18.4. The van der Waals surface area contributed by atoms with Gasteiger partial charge in [0.05, 0.1) is 4.92 Å². The van der Waals surface area contributed by atoms with Crippen molar-refractivity contribution < 1.29 is 24.4 Å². The predicted molar refractivity (Wildman–Crippen MR) is 83.6 cm³/mol. The fraction of sp³-hybridized carbons (Fsp3) is 0.0667. The second-order valence-corrected chi connectivity index (χ2v) is 4.76. The van der Waals surface area contributed by atoms with Gasteiger partial charge in [0, 0.05) is 11.3 Å². The minimum absolute atomic E-state index is 0.0313. The van der Waals surface area contributed by atoms with Crippen molar-refractivity contribution in [3.05, 3.63) is 86.5 Å². The van der Waals surface area contributed by atoms with Crippen LogP contribution in [-0.4, -0.2) is 27.4 Å². The zero-order valence-electron chi connectivity index (χ0n) is 12.5. The molecule has 0 aromatic heterocycles. The second kappa shape index (κ2) is 7.17. The minimum Gasteiger partial charge on any atom is -0.306 e. The van der Waals surface area contributed by atoms with E-state index in [4.69, 9.17) is 0 Å². The third-order valence-electron chi connectivity index (χ3n) is 3.19. The van der Waals surface area contributed by atoms with Gasteiger partial charge in [0.15, 0.2) is 0 Å². The van der Waals surface area contributed by atoms with Gasteiger partial charge in [0.25, 0.3) is 5.78 Å². The summed E-state index contributed by atoms with van der Waals surface area (Å²) in [6.07, 6.45) is 0. The maximum absolute atomic E-state index is 12.7. The highest BCUT2D eigenvalue weighted by Crippen LogP contribution is 2.23. The molecule has 0 aliphatic heterocycles. The topological polar surface area (TPSA) is 142 Å². The molecule has 10 nitrogen and oxygen atoms in total. The molecule has 0 aliphatic carbocycles. The molecular weight excluding hydrogens is 334 g/mol. The van der Waals surface area contributed by atoms with Crippen LogP contribution in [-0.2, 0) is 9.63 Å². The van der Waals surface area contributed by atoms with Crippen molar-refractivity contribution in [2.75, 3.05) is 5.32 Å². The van der Waals surface area contributed by atoms with E-state index in [9.17, 15) is 29.8 Å². The number of nitrogens with one attached hydrogen (secondary N) is 1. The van der Waals surface area contributed by atoms with Gasteiger partial charge in [-0.05, 0) is 12.1 Å². The first-order chi connectivity index (χ1) is 11.9. The minimum atomic E-state index is -3.21. The Labute approximate surface area is 140 Å². The first-order valence-electron chi connectivity index (χ1n) is 6.82. The van der Waals surface area contributed by atoms with E-state index in [0.29, 0.717) is 0 Å². The summed E-state index contributed by atoms with van der Waals surface area (Å²) in [4.78, 5) is 49.5. The van der Waals surface area contributed by atoms with Crippen LogP contribution in [0.2, 0.25) is 0 Å². The van der Waals surface area contributed by atoms with Crippen LogP contribution in [0.5, 0.6) is 0 Å². The lowest BCUT2D eigenvalue weighted by Crippen LogP contribution is -2.60. The summed E-state index contributed by atoms with van der Waals surface area (Å²) in [5.41, 5.74) is -3.37. The molecule has 128 valence electrons. The molecule has 1 N–H and O–H groups in total. The lowest BCUT2D eigenvalue weighted by Gasteiger charge is -2.23. The number of hydrogen-bond donors (Lipinski definition) is 1. The molecule has 25 heavy (non-hydrogen) atoms. The maximum atomic E-state index is 12.7. The smallest absolute Gasteiger partial charge is 0.306 e. The van der Waals surface area contributed by atoms with Crippen LogP contribution in [0.3, 0.4) is 0 Å². The van der Waals surface area contributed by atoms with E-state index in [-0.39, 0.29) is 11.3 Å². The number of nitrogens with zero attached hydrogens (tertiary/aromatic N) is 2. The summed E-state index contributed by atoms with van der Waals surface area (Å²) < 4.78 is 0. The number of ketones is 1. The summed E-state index contributed by atoms with van der Waals surface area (Å²) in [5, 5.41) is 22.8. The molecule has 10 heteroatoms. The molecule has 0 saturated carbocycles. The number of benzene rings is 2. The largest absolute Gasteiger partial charge is 0.441 e. The third-order valence-corrected chi connectivity index (χ3v) is 3.19. The Morgan fingerprint density at radius 1 is 0.920 bits per heavy atom. The fourth-order valence-electron chi connectivity index (χ4n) is 2.07.